The molecule has 0 bridgehead atoms. The molecule has 0 atom stereocenters. The molecule has 25 heavy (non-hydrogen) atoms. The van der Waals surface area contributed by atoms with Gasteiger partial charge in [-0.3, -0.25) is 0 Å². The van der Waals surface area contributed by atoms with Gasteiger partial charge in [-0.25, -0.2) is 9.37 Å². The Bertz CT molecular complexity index is 868. The molecule has 2 aromatic carbocycles. The Labute approximate surface area is 159 Å². The van der Waals surface area contributed by atoms with Gasteiger partial charge in [0.15, 0.2) is 5.16 Å². The molecule has 0 aliphatic carbocycles. The SMILES string of the molecule is OCc1cn(Cc2ccc(F)cc2)c(SCc2ccc(Cl)cc2Cl)n1. The zero-order valence-electron chi connectivity index (χ0n) is 13.1. The van der Waals surface area contributed by atoms with Crippen molar-refractivity contribution in [2.45, 2.75) is 24.1 Å². The third-order valence-electron chi connectivity index (χ3n) is 3.59. The summed E-state index contributed by atoms with van der Waals surface area (Å²) in [5, 5.41) is 11.3. The van der Waals surface area contributed by atoms with Gasteiger partial charge in [0.2, 0.25) is 0 Å². The van der Waals surface area contributed by atoms with E-state index in [9.17, 15) is 9.50 Å². The molecular formula is C18H15Cl2FN2OS. The van der Waals surface area contributed by atoms with Crippen molar-refractivity contribution in [3.8, 4) is 0 Å². The van der Waals surface area contributed by atoms with Crippen LogP contribution in [0.2, 0.25) is 10.0 Å². The van der Waals surface area contributed by atoms with Crippen LogP contribution < -0.4 is 0 Å². The van der Waals surface area contributed by atoms with E-state index in [4.69, 9.17) is 23.2 Å². The average Bonchev–Trinajstić information content (AvgIpc) is 2.98. The highest BCUT2D eigenvalue weighted by Gasteiger charge is 2.11. The molecule has 3 rings (SSSR count). The molecule has 1 N–H and O–H groups in total. The number of imidazole rings is 1. The van der Waals surface area contributed by atoms with Crippen molar-refractivity contribution >= 4 is 35.0 Å². The molecule has 0 aliphatic rings. The van der Waals surface area contributed by atoms with E-state index < -0.39 is 0 Å². The summed E-state index contributed by atoms with van der Waals surface area (Å²) in [6.07, 6.45) is 1.80. The topological polar surface area (TPSA) is 38.0 Å². The Morgan fingerprint density at radius 3 is 2.56 bits per heavy atom. The smallest absolute Gasteiger partial charge is 0.168 e. The fourth-order valence-electron chi connectivity index (χ4n) is 2.32. The fourth-order valence-corrected chi connectivity index (χ4v) is 3.88. The van der Waals surface area contributed by atoms with Gasteiger partial charge in [-0.1, -0.05) is 53.2 Å². The molecule has 0 saturated carbocycles. The van der Waals surface area contributed by atoms with Crippen LogP contribution in [0, 0.1) is 5.82 Å². The number of nitrogens with zero attached hydrogens (tertiary/aromatic N) is 2. The molecule has 0 amide bonds. The van der Waals surface area contributed by atoms with Crippen molar-refractivity contribution in [1.82, 2.24) is 9.55 Å². The molecule has 3 nitrogen and oxygen atoms in total. The zero-order chi connectivity index (χ0) is 17.8. The van der Waals surface area contributed by atoms with E-state index in [0.717, 1.165) is 16.3 Å². The molecule has 130 valence electrons. The summed E-state index contributed by atoms with van der Waals surface area (Å²) in [5.74, 6) is 0.360. The van der Waals surface area contributed by atoms with Gasteiger partial charge in [0.25, 0.3) is 0 Å². The Balaban J connectivity index is 1.78. The first-order valence-electron chi connectivity index (χ1n) is 7.53. The molecule has 0 aliphatic heterocycles. The van der Waals surface area contributed by atoms with E-state index in [1.807, 2.05) is 10.6 Å². The monoisotopic (exact) mass is 396 g/mol. The van der Waals surface area contributed by atoms with Gasteiger partial charge in [-0.15, -0.1) is 0 Å². The largest absolute Gasteiger partial charge is 0.390 e. The maximum atomic E-state index is 13.1. The van der Waals surface area contributed by atoms with Crippen LogP contribution in [0.5, 0.6) is 0 Å². The minimum Gasteiger partial charge on any atom is -0.390 e. The third kappa shape index (κ3) is 4.76. The van der Waals surface area contributed by atoms with Crippen molar-refractivity contribution in [3.63, 3.8) is 0 Å². The number of hydrogen-bond donors (Lipinski definition) is 1. The Morgan fingerprint density at radius 2 is 1.88 bits per heavy atom. The Morgan fingerprint density at radius 1 is 1.12 bits per heavy atom. The van der Waals surface area contributed by atoms with Gasteiger partial charge in [0.05, 0.1) is 12.3 Å². The molecule has 0 saturated heterocycles. The van der Waals surface area contributed by atoms with Crippen molar-refractivity contribution in [2.24, 2.45) is 0 Å². The fraction of sp³-hybridized carbons (Fsp3) is 0.167. The summed E-state index contributed by atoms with van der Waals surface area (Å²) in [4.78, 5) is 4.44. The lowest BCUT2D eigenvalue weighted by Crippen LogP contribution is -2.00. The molecule has 1 heterocycles. The highest BCUT2D eigenvalue weighted by atomic mass is 35.5. The van der Waals surface area contributed by atoms with Crippen molar-refractivity contribution < 1.29 is 9.50 Å². The Hall–Kier alpha value is -1.53. The highest BCUT2D eigenvalue weighted by molar-refractivity contribution is 7.98. The summed E-state index contributed by atoms with van der Waals surface area (Å²) < 4.78 is 15.0. The second-order valence-electron chi connectivity index (χ2n) is 5.45. The number of rotatable bonds is 6. The van der Waals surface area contributed by atoms with E-state index >= 15 is 0 Å². The number of benzene rings is 2. The molecule has 7 heteroatoms. The molecule has 0 spiro atoms. The number of aliphatic hydroxyl groups excluding tert-OH is 1. The van der Waals surface area contributed by atoms with Crippen molar-refractivity contribution in [3.05, 3.63) is 81.3 Å². The van der Waals surface area contributed by atoms with Gasteiger partial charge in [0, 0.05) is 28.5 Å². The Kier molecular flexibility index (Phi) is 6.02. The first kappa shape index (κ1) is 18.3. The van der Waals surface area contributed by atoms with Crippen LogP contribution in [-0.4, -0.2) is 14.7 Å². The van der Waals surface area contributed by atoms with Crippen molar-refractivity contribution in [2.75, 3.05) is 0 Å². The lowest BCUT2D eigenvalue weighted by atomic mass is 10.2. The van der Waals surface area contributed by atoms with E-state index in [1.165, 1.54) is 23.9 Å². The quantitative estimate of drug-likeness (QED) is 0.584. The summed E-state index contributed by atoms with van der Waals surface area (Å²) in [6.45, 7) is 0.412. The first-order chi connectivity index (χ1) is 12.0. The third-order valence-corrected chi connectivity index (χ3v) is 5.22. The summed E-state index contributed by atoms with van der Waals surface area (Å²) in [5.41, 5.74) is 2.50. The van der Waals surface area contributed by atoms with Crippen LogP contribution in [-0.2, 0) is 18.9 Å². The van der Waals surface area contributed by atoms with E-state index in [-0.39, 0.29) is 12.4 Å². The lowest BCUT2D eigenvalue weighted by molar-refractivity contribution is 0.277. The second kappa shape index (κ2) is 8.23. The number of hydrogen-bond acceptors (Lipinski definition) is 3. The summed E-state index contributed by atoms with van der Waals surface area (Å²) in [6, 6.07) is 11.7. The average molecular weight is 397 g/mol. The van der Waals surface area contributed by atoms with Crippen LogP contribution in [0.4, 0.5) is 4.39 Å². The maximum absolute atomic E-state index is 13.1. The first-order valence-corrected chi connectivity index (χ1v) is 9.27. The minimum atomic E-state index is -0.266. The predicted molar refractivity (Wildman–Crippen MR) is 99.7 cm³/mol. The van der Waals surface area contributed by atoms with Gasteiger partial charge in [-0.05, 0) is 35.4 Å². The molecule has 1 aromatic heterocycles. The van der Waals surface area contributed by atoms with E-state index in [1.54, 1.807) is 30.5 Å². The molecular weight excluding hydrogens is 382 g/mol. The van der Waals surface area contributed by atoms with Crippen molar-refractivity contribution in [1.29, 1.82) is 0 Å². The van der Waals surface area contributed by atoms with Crippen LogP contribution in [0.3, 0.4) is 0 Å². The van der Waals surface area contributed by atoms with E-state index in [2.05, 4.69) is 4.98 Å². The number of aliphatic hydroxyl groups is 1. The van der Waals surface area contributed by atoms with Gasteiger partial charge >= 0.3 is 0 Å². The molecule has 3 aromatic rings. The molecule has 0 fully saturated rings. The molecule has 0 unspecified atom stereocenters. The van der Waals surface area contributed by atoms with Gasteiger partial charge in [-0.2, -0.15) is 0 Å². The summed E-state index contributed by atoms with van der Waals surface area (Å²) >= 11 is 13.7. The minimum absolute atomic E-state index is 0.133. The van der Waals surface area contributed by atoms with Crippen LogP contribution in [0.25, 0.3) is 0 Å². The van der Waals surface area contributed by atoms with Gasteiger partial charge < -0.3 is 9.67 Å². The maximum Gasteiger partial charge on any atom is 0.168 e. The number of halogens is 3. The number of aromatic nitrogens is 2. The summed E-state index contributed by atoms with van der Waals surface area (Å²) in [7, 11) is 0. The standard InChI is InChI=1S/C18H15Cl2FN2OS/c19-14-4-3-13(17(20)7-14)11-25-18-22-16(10-24)9-23(18)8-12-1-5-15(21)6-2-12/h1-7,9,24H,8,10-11H2. The molecule has 0 radical (unpaired) electrons. The predicted octanol–water partition coefficient (Wildman–Crippen LogP) is 5.16. The van der Waals surface area contributed by atoms with Crippen LogP contribution in [0.1, 0.15) is 16.8 Å². The normalized spacial score (nSPS) is 11.0. The highest BCUT2D eigenvalue weighted by Crippen LogP contribution is 2.28. The van der Waals surface area contributed by atoms with Crippen LogP contribution in [0.15, 0.2) is 53.8 Å². The van der Waals surface area contributed by atoms with Crippen LogP contribution >= 0.6 is 35.0 Å². The van der Waals surface area contributed by atoms with Gasteiger partial charge in [0.1, 0.15) is 5.82 Å². The zero-order valence-corrected chi connectivity index (χ0v) is 15.5. The van der Waals surface area contributed by atoms with E-state index in [0.29, 0.717) is 28.0 Å². The lowest BCUT2D eigenvalue weighted by Gasteiger charge is -2.08. The number of thioether (sulfide) groups is 1. The second-order valence-corrected chi connectivity index (χ2v) is 7.24.